The van der Waals surface area contributed by atoms with Gasteiger partial charge in [0.25, 0.3) is 5.69 Å². The van der Waals surface area contributed by atoms with Gasteiger partial charge in [0, 0.05) is 23.3 Å². The molecule has 0 fully saturated rings. The first kappa shape index (κ1) is 16.5. The number of non-ortho nitro benzene ring substituents is 1. The highest BCUT2D eigenvalue weighted by Gasteiger charge is 2.31. The second-order valence-corrected chi connectivity index (χ2v) is 5.20. The van der Waals surface area contributed by atoms with Crippen molar-refractivity contribution in [2.24, 2.45) is 0 Å². The van der Waals surface area contributed by atoms with Crippen LogP contribution in [0.2, 0.25) is 0 Å². The van der Waals surface area contributed by atoms with Gasteiger partial charge in [-0.05, 0) is 36.4 Å². The maximum Gasteiger partial charge on any atom is 0.416 e. The van der Waals surface area contributed by atoms with Crippen molar-refractivity contribution < 1.29 is 23.2 Å². The molecule has 6 nitrogen and oxygen atoms in total. The number of nitrogens with zero attached hydrogens (tertiary/aromatic N) is 2. The van der Waals surface area contributed by atoms with Gasteiger partial charge in [-0.15, -0.1) is 0 Å². The third-order valence-electron chi connectivity index (χ3n) is 3.57. The predicted octanol–water partition coefficient (Wildman–Crippen LogP) is 4.38. The Morgan fingerprint density at radius 1 is 1.08 bits per heavy atom. The van der Waals surface area contributed by atoms with E-state index in [-0.39, 0.29) is 22.7 Å². The van der Waals surface area contributed by atoms with Crippen molar-refractivity contribution in [2.75, 3.05) is 0 Å². The van der Waals surface area contributed by atoms with Crippen LogP contribution in [0.15, 0.2) is 48.5 Å². The minimum Gasteiger partial charge on any atom is -0.507 e. The number of aromatic hydroxyl groups is 1. The van der Waals surface area contributed by atoms with Crippen LogP contribution in [0.5, 0.6) is 5.75 Å². The fourth-order valence-corrected chi connectivity index (χ4v) is 2.29. The molecule has 0 saturated carbocycles. The largest absolute Gasteiger partial charge is 0.507 e. The van der Waals surface area contributed by atoms with Crippen molar-refractivity contribution in [3.63, 3.8) is 0 Å². The van der Waals surface area contributed by atoms with Gasteiger partial charge in [-0.3, -0.25) is 15.2 Å². The topological polar surface area (TPSA) is 92.0 Å². The lowest BCUT2D eigenvalue weighted by atomic mass is 10.0. The van der Waals surface area contributed by atoms with Gasteiger partial charge >= 0.3 is 6.18 Å². The Labute approximate surface area is 138 Å². The molecule has 0 aliphatic rings. The van der Waals surface area contributed by atoms with Gasteiger partial charge < -0.3 is 5.11 Å². The molecule has 1 aromatic heterocycles. The standard InChI is InChI=1S/C16H10F3N3O3/c17-16(18,19)10-3-6-15(23)12(7-10)14-8-13(20-21-14)9-1-4-11(5-2-9)22(24)25/h1-8,23H,(H,20,21). The number of rotatable bonds is 3. The van der Waals surface area contributed by atoms with Crippen LogP contribution in [0.4, 0.5) is 18.9 Å². The Bertz CT molecular complexity index is 934. The summed E-state index contributed by atoms with van der Waals surface area (Å²) in [6.45, 7) is 0. The van der Waals surface area contributed by atoms with Crippen LogP contribution in [0.25, 0.3) is 22.5 Å². The van der Waals surface area contributed by atoms with E-state index in [0.29, 0.717) is 11.3 Å². The summed E-state index contributed by atoms with van der Waals surface area (Å²) in [4.78, 5) is 10.1. The number of hydrogen-bond acceptors (Lipinski definition) is 4. The number of aromatic amines is 1. The number of halogens is 3. The van der Waals surface area contributed by atoms with Gasteiger partial charge in [0.15, 0.2) is 0 Å². The van der Waals surface area contributed by atoms with Gasteiger partial charge in [0.2, 0.25) is 0 Å². The van der Waals surface area contributed by atoms with E-state index in [0.717, 1.165) is 18.2 Å². The molecule has 25 heavy (non-hydrogen) atoms. The first-order chi connectivity index (χ1) is 11.8. The smallest absolute Gasteiger partial charge is 0.416 e. The van der Waals surface area contributed by atoms with Crippen LogP contribution in [0, 0.1) is 10.1 Å². The third-order valence-corrected chi connectivity index (χ3v) is 3.57. The number of hydrogen-bond donors (Lipinski definition) is 2. The summed E-state index contributed by atoms with van der Waals surface area (Å²) in [6, 6.07) is 9.57. The molecule has 0 bridgehead atoms. The van der Waals surface area contributed by atoms with Crippen LogP contribution in [0.1, 0.15) is 5.56 Å². The number of nitro groups is 1. The Balaban J connectivity index is 1.97. The number of nitro benzene ring substituents is 1. The van der Waals surface area contributed by atoms with E-state index in [4.69, 9.17) is 0 Å². The number of phenolic OH excluding ortho intramolecular Hbond substituents is 1. The molecule has 0 aliphatic carbocycles. The summed E-state index contributed by atoms with van der Waals surface area (Å²) >= 11 is 0. The predicted molar refractivity (Wildman–Crippen MR) is 82.8 cm³/mol. The van der Waals surface area contributed by atoms with Crippen LogP contribution < -0.4 is 0 Å². The summed E-state index contributed by atoms with van der Waals surface area (Å²) < 4.78 is 38.5. The molecule has 0 aliphatic heterocycles. The maximum atomic E-state index is 12.8. The number of aromatic nitrogens is 2. The maximum absolute atomic E-state index is 12.8. The number of benzene rings is 2. The zero-order chi connectivity index (χ0) is 18.2. The normalized spacial score (nSPS) is 11.5. The molecule has 0 atom stereocenters. The Hall–Kier alpha value is -3.36. The molecule has 3 rings (SSSR count). The second kappa shape index (κ2) is 5.93. The van der Waals surface area contributed by atoms with Crippen LogP contribution in [0.3, 0.4) is 0 Å². The van der Waals surface area contributed by atoms with Gasteiger partial charge in [-0.25, -0.2) is 0 Å². The molecule has 128 valence electrons. The van der Waals surface area contributed by atoms with Crippen molar-refractivity contribution in [3.8, 4) is 28.3 Å². The molecule has 0 radical (unpaired) electrons. The quantitative estimate of drug-likeness (QED) is 0.542. The van der Waals surface area contributed by atoms with Crippen LogP contribution in [-0.2, 0) is 6.18 Å². The molecule has 2 aromatic carbocycles. The molecule has 3 aromatic rings. The molecular formula is C16H10F3N3O3. The Kier molecular flexibility index (Phi) is 3.91. The summed E-state index contributed by atoms with van der Waals surface area (Å²) in [6.07, 6.45) is -4.54. The molecule has 0 saturated heterocycles. The van der Waals surface area contributed by atoms with Crippen molar-refractivity contribution in [1.82, 2.24) is 10.2 Å². The molecule has 0 amide bonds. The zero-order valence-corrected chi connectivity index (χ0v) is 12.4. The van der Waals surface area contributed by atoms with Gasteiger partial charge in [0.1, 0.15) is 5.75 Å². The van der Waals surface area contributed by atoms with E-state index in [1.807, 2.05) is 0 Å². The lowest BCUT2D eigenvalue weighted by Gasteiger charge is -2.09. The monoisotopic (exact) mass is 349 g/mol. The number of phenols is 1. The van der Waals surface area contributed by atoms with Gasteiger partial charge in [-0.2, -0.15) is 18.3 Å². The number of H-pyrrole nitrogens is 1. The van der Waals surface area contributed by atoms with Crippen molar-refractivity contribution >= 4 is 5.69 Å². The molecule has 2 N–H and O–H groups in total. The van der Waals surface area contributed by atoms with Gasteiger partial charge in [-0.1, -0.05) is 0 Å². The summed E-state index contributed by atoms with van der Waals surface area (Å²) in [5.41, 5.74) is 0.0792. The van der Waals surface area contributed by atoms with E-state index < -0.39 is 16.7 Å². The third kappa shape index (κ3) is 3.30. The highest BCUT2D eigenvalue weighted by Crippen LogP contribution is 2.37. The lowest BCUT2D eigenvalue weighted by molar-refractivity contribution is -0.384. The first-order valence-electron chi connectivity index (χ1n) is 6.96. The van der Waals surface area contributed by atoms with Crippen molar-refractivity contribution in [1.29, 1.82) is 0 Å². The molecule has 0 unspecified atom stereocenters. The summed E-state index contributed by atoms with van der Waals surface area (Å²) in [5.74, 6) is -0.327. The van der Waals surface area contributed by atoms with Crippen LogP contribution in [-0.4, -0.2) is 20.2 Å². The summed E-state index contributed by atoms with van der Waals surface area (Å²) in [7, 11) is 0. The molecular weight excluding hydrogens is 339 g/mol. The van der Waals surface area contributed by atoms with Crippen molar-refractivity contribution in [2.45, 2.75) is 6.18 Å². The fraction of sp³-hybridized carbons (Fsp3) is 0.0625. The van der Waals surface area contributed by atoms with E-state index >= 15 is 0 Å². The zero-order valence-electron chi connectivity index (χ0n) is 12.4. The van der Waals surface area contributed by atoms with E-state index in [2.05, 4.69) is 10.2 Å². The second-order valence-electron chi connectivity index (χ2n) is 5.20. The van der Waals surface area contributed by atoms with Gasteiger partial charge in [0.05, 0.1) is 21.9 Å². The first-order valence-corrected chi connectivity index (χ1v) is 6.96. The summed E-state index contributed by atoms with van der Waals surface area (Å²) in [5, 5.41) is 27.0. The highest BCUT2D eigenvalue weighted by atomic mass is 19.4. The van der Waals surface area contributed by atoms with E-state index in [1.54, 1.807) is 0 Å². The Morgan fingerprint density at radius 2 is 1.76 bits per heavy atom. The minimum atomic E-state index is -4.54. The SMILES string of the molecule is O=[N+]([O-])c1ccc(-c2cc(-c3cc(C(F)(F)F)ccc3O)[nH]n2)cc1. The molecule has 9 heteroatoms. The average molecular weight is 349 g/mol. The van der Waals surface area contributed by atoms with E-state index in [9.17, 15) is 28.4 Å². The molecule has 1 heterocycles. The average Bonchev–Trinajstić information content (AvgIpc) is 3.04. The molecule has 0 spiro atoms. The number of alkyl halides is 3. The Morgan fingerprint density at radius 3 is 2.36 bits per heavy atom. The van der Waals surface area contributed by atoms with E-state index in [1.165, 1.54) is 30.3 Å². The lowest BCUT2D eigenvalue weighted by Crippen LogP contribution is -2.04. The van der Waals surface area contributed by atoms with Crippen molar-refractivity contribution in [3.05, 3.63) is 64.2 Å². The van der Waals surface area contributed by atoms with Crippen LogP contribution >= 0.6 is 0 Å². The minimum absolute atomic E-state index is 0.0458. The number of nitrogens with one attached hydrogen (secondary N) is 1. The highest BCUT2D eigenvalue weighted by molar-refractivity contribution is 5.73. The fourth-order valence-electron chi connectivity index (χ4n) is 2.29.